The van der Waals surface area contributed by atoms with E-state index in [1.807, 2.05) is 53.4 Å². The number of carbonyl (C=O) groups excluding carboxylic acids is 2. The third-order valence-electron chi connectivity index (χ3n) is 8.96. The first kappa shape index (κ1) is 36.1. The van der Waals surface area contributed by atoms with Gasteiger partial charge in [0, 0.05) is 69.6 Å². The molecule has 50 heavy (non-hydrogen) atoms. The third kappa shape index (κ3) is 7.50. The number of hydrogen-bond donors (Lipinski definition) is 1. The Balaban J connectivity index is 0.000000156. The number of nitrogen functional groups attached to an aromatic ring is 1. The second kappa shape index (κ2) is 15.6. The van der Waals surface area contributed by atoms with Gasteiger partial charge in [-0.25, -0.2) is 4.79 Å². The number of alkyl halides is 1. The monoisotopic (exact) mass is 738 g/mol. The summed E-state index contributed by atoms with van der Waals surface area (Å²) in [5.41, 5.74) is 15.5. The lowest BCUT2D eigenvalue weighted by atomic mass is 10.1. The van der Waals surface area contributed by atoms with E-state index in [2.05, 4.69) is 83.3 Å². The molecule has 1 aliphatic rings. The number of hydrogen-bond acceptors (Lipinski definition) is 6. The molecule has 4 aromatic carbocycles. The molecule has 1 aliphatic heterocycles. The van der Waals surface area contributed by atoms with Crippen LogP contribution in [0.4, 0.5) is 11.4 Å². The molecular formula is C40H43BrN4O5. The number of methoxy groups -OCH3 is 2. The van der Waals surface area contributed by atoms with Crippen LogP contribution in [-0.2, 0) is 30.7 Å². The van der Waals surface area contributed by atoms with Crippen LogP contribution in [0.3, 0.4) is 0 Å². The average Bonchev–Trinajstić information content (AvgIpc) is 3.72. The van der Waals surface area contributed by atoms with Gasteiger partial charge in [0.15, 0.2) is 0 Å². The summed E-state index contributed by atoms with van der Waals surface area (Å²) in [4.78, 5) is 26.2. The van der Waals surface area contributed by atoms with Crippen molar-refractivity contribution in [2.24, 2.45) is 14.1 Å². The summed E-state index contributed by atoms with van der Waals surface area (Å²) in [5, 5.41) is 2.99. The van der Waals surface area contributed by atoms with Gasteiger partial charge < -0.3 is 34.0 Å². The first-order valence-corrected chi connectivity index (χ1v) is 17.4. The predicted octanol–water partition coefficient (Wildman–Crippen LogP) is 8.49. The van der Waals surface area contributed by atoms with Gasteiger partial charge in [-0.2, -0.15) is 0 Å². The number of esters is 1. The van der Waals surface area contributed by atoms with Crippen LogP contribution in [0.15, 0.2) is 84.9 Å². The van der Waals surface area contributed by atoms with Crippen molar-refractivity contribution < 1.29 is 23.8 Å². The van der Waals surface area contributed by atoms with E-state index < -0.39 is 0 Å². The minimum absolute atomic E-state index is 0.0332. The molecule has 6 aromatic rings. The van der Waals surface area contributed by atoms with Gasteiger partial charge in [0.05, 0.1) is 32.9 Å². The summed E-state index contributed by atoms with van der Waals surface area (Å²) in [5.74, 6) is 1.09. The van der Waals surface area contributed by atoms with Crippen molar-refractivity contribution in [3.05, 3.63) is 119 Å². The Morgan fingerprint density at radius 3 is 2.02 bits per heavy atom. The lowest BCUT2D eigenvalue weighted by molar-refractivity contribution is 0.0525. The number of carbonyl (C=O) groups is 2. The zero-order valence-corrected chi connectivity index (χ0v) is 31.1. The molecule has 3 heterocycles. The van der Waals surface area contributed by atoms with E-state index in [0.717, 1.165) is 33.5 Å². The first-order valence-electron chi connectivity index (χ1n) is 16.3. The van der Waals surface area contributed by atoms with Gasteiger partial charge in [0.25, 0.3) is 5.91 Å². The molecule has 10 heteroatoms. The van der Waals surface area contributed by atoms with Crippen LogP contribution >= 0.6 is 15.9 Å². The van der Waals surface area contributed by atoms with Crippen molar-refractivity contribution in [2.45, 2.75) is 32.6 Å². The Bertz CT molecular complexity index is 2180. The number of benzene rings is 4. The van der Waals surface area contributed by atoms with Crippen LogP contribution in [0.25, 0.3) is 21.8 Å². The van der Waals surface area contributed by atoms with Crippen molar-refractivity contribution in [2.75, 3.05) is 31.5 Å². The molecule has 1 amide bonds. The fourth-order valence-electron chi connectivity index (χ4n) is 5.96. The first-order chi connectivity index (χ1) is 24.0. The second-order valence-corrected chi connectivity index (χ2v) is 12.6. The maximum atomic E-state index is 12.7. The van der Waals surface area contributed by atoms with E-state index >= 15 is 0 Å². The van der Waals surface area contributed by atoms with Crippen LogP contribution in [0.1, 0.15) is 50.2 Å². The van der Waals surface area contributed by atoms with Crippen molar-refractivity contribution in [3.8, 4) is 11.5 Å². The molecule has 0 atom stereocenters. The molecule has 0 bridgehead atoms. The molecule has 2 aromatic heterocycles. The van der Waals surface area contributed by atoms with Crippen molar-refractivity contribution in [1.29, 1.82) is 0 Å². The Morgan fingerprint density at radius 2 is 1.40 bits per heavy atom. The number of nitrogens with two attached hydrogens (primary N) is 1. The molecule has 260 valence electrons. The fourth-order valence-corrected chi connectivity index (χ4v) is 6.45. The van der Waals surface area contributed by atoms with Crippen LogP contribution in [0.2, 0.25) is 0 Å². The van der Waals surface area contributed by atoms with E-state index in [-0.39, 0.29) is 11.9 Å². The van der Waals surface area contributed by atoms with Crippen LogP contribution in [-0.4, -0.2) is 41.8 Å². The molecule has 0 fully saturated rings. The van der Waals surface area contributed by atoms with Gasteiger partial charge in [-0.15, -0.1) is 0 Å². The largest absolute Gasteiger partial charge is 0.497 e. The summed E-state index contributed by atoms with van der Waals surface area (Å²) in [6.45, 7) is 6.94. The number of fused-ring (bicyclic) bond motifs is 3. The van der Waals surface area contributed by atoms with Gasteiger partial charge in [-0.1, -0.05) is 28.1 Å². The molecule has 0 spiro atoms. The number of amides is 1. The number of nitrogens with zero attached hydrogens (tertiary/aromatic N) is 3. The number of halogens is 1. The molecule has 9 nitrogen and oxygen atoms in total. The number of rotatable bonds is 6. The number of aromatic nitrogens is 2. The highest BCUT2D eigenvalue weighted by atomic mass is 79.9. The molecular weight excluding hydrogens is 696 g/mol. The molecule has 0 saturated heterocycles. The molecule has 0 saturated carbocycles. The Kier molecular flexibility index (Phi) is 11.2. The molecule has 0 radical (unpaired) electrons. The summed E-state index contributed by atoms with van der Waals surface area (Å²) in [6, 6.07) is 27.5. The zero-order chi connectivity index (χ0) is 36.1. The Morgan fingerprint density at radius 1 is 0.800 bits per heavy atom. The second-order valence-electron chi connectivity index (χ2n) is 12.0. The van der Waals surface area contributed by atoms with Gasteiger partial charge in [0.2, 0.25) is 0 Å². The van der Waals surface area contributed by atoms with Crippen molar-refractivity contribution >= 4 is 61.0 Å². The highest BCUT2D eigenvalue weighted by Crippen LogP contribution is 2.33. The topological polar surface area (TPSA) is 101 Å². The quantitative estimate of drug-likeness (QED) is 0.105. The lowest BCUT2D eigenvalue weighted by Gasteiger charge is -2.16. The van der Waals surface area contributed by atoms with Crippen molar-refractivity contribution in [1.82, 2.24) is 9.13 Å². The minimum atomic E-state index is -0.314. The summed E-state index contributed by atoms with van der Waals surface area (Å²) < 4.78 is 19.6. The lowest BCUT2D eigenvalue weighted by Crippen LogP contribution is -2.22. The SMILES string of the molecule is CCOC(=O)c1cc(OC)ccc1CBr.COc1ccc2c(c1)C(=O)N(c1ccc3c(c1)cc(C)n3C)C2.Cc1cc2cc(N)ccc2n1C. The summed E-state index contributed by atoms with van der Waals surface area (Å²) >= 11 is 3.33. The maximum Gasteiger partial charge on any atom is 0.338 e. The highest BCUT2D eigenvalue weighted by Gasteiger charge is 2.29. The van der Waals surface area contributed by atoms with E-state index in [4.69, 9.17) is 19.9 Å². The Labute approximate surface area is 301 Å². The fraction of sp³-hybridized carbons (Fsp3) is 0.250. The summed E-state index contributed by atoms with van der Waals surface area (Å²) in [6.07, 6.45) is 0. The molecule has 0 aliphatic carbocycles. The molecule has 7 rings (SSSR count). The van der Waals surface area contributed by atoms with E-state index in [1.54, 1.807) is 27.2 Å². The predicted molar refractivity (Wildman–Crippen MR) is 205 cm³/mol. The van der Waals surface area contributed by atoms with Gasteiger partial charge in [-0.05, 0) is 105 Å². The van der Waals surface area contributed by atoms with Gasteiger partial charge in [-0.3, -0.25) is 4.79 Å². The normalized spacial score (nSPS) is 11.8. The van der Waals surface area contributed by atoms with E-state index in [0.29, 0.717) is 35.5 Å². The zero-order valence-electron chi connectivity index (χ0n) is 29.5. The Hall–Kier alpha value is -5.22. The average molecular weight is 740 g/mol. The summed E-state index contributed by atoms with van der Waals surface area (Å²) in [7, 11) is 7.30. The number of aryl methyl sites for hydroxylation is 4. The van der Waals surface area contributed by atoms with Crippen LogP contribution in [0.5, 0.6) is 11.5 Å². The van der Waals surface area contributed by atoms with Gasteiger partial charge >= 0.3 is 5.97 Å². The molecule has 0 unspecified atom stereocenters. The van der Waals surface area contributed by atoms with Crippen molar-refractivity contribution in [3.63, 3.8) is 0 Å². The number of anilines is 2. The van der Waals surface area contributed by atoms with Crippen LogP contribution < -0.4 is 20.1 Å². The highest BCUT2D eigenvalue weighted by molar-refractivity contribution is 9.08. The smallest absolute Gasteiger partial charge is 0.338 e. The maximum absolute atomic E-state index is 12.7. The van der Waals surface area contributed by atoms with E-state index in [1.165, 1.54) is 27.8 Å². The molecule has 2 N–H and O–H groups in total. The minimum Gasteiger partial charge on any atom is -0.497 e. The third-order valence-corrected chi connectivity index (χ3v) is 9.57. The van der Waals surface area contributed by atoms with Gasteiger partial charge in [0.1, 0.15) is 11.5 Å². The standard InChI is InChI=1S/C19H18N2O2.C11H13BrO3.C10H12N2/c1-12-8-14-9-15(5-7-18(14)20(12)2)21-11-13-4-6-16(23-3)10-17(13)19(21)22;1-3-15-11(13)10-6-9(14-2)5-4-8(10)7-12;1-7-5-8-6-9(11)3-4-10(8)12(7)2/h4-10H,11H2,1-3H3;4-6H,3,7H2,1-2H3;3-6H,11H2,1-2H3. The van der Waals surface area contributed by atoms with Crippen LogP contribution in [0, 0.1) is 13.8 Å². The van der Waals surface area contributed by atoms with E-state index in [9.17, 15) is 9.59 Å². The number of ether oxygens (including phenoxy) is 3.